The van der Waals surface area contributed by atoms with Crippen LogP contribution in [0.2, 0.25) is 0 Å². The zero-order valence-corrected chi connectivity index (χ0v) is 19.1. The largest absolute Gasteiger partial charge is 0.455 e. The highest BCUT2D eigenvalue weighted by molar-refractivity contribution is 7.92. The van der Waals surface area contributed by atoms with Crippen LogP contribution in [-0.2, 0) is 10.0 Å². The van der Waals surface area contributed by atoms with Crippen LogP contribution in [0.15, 0.2) is 108 Å². The van der Waals surface area contributed by atoms with Crippen molar-refractivity contribution in [2.75, 3.05) is 10.5 Å². The molecule has 8 nitrogen and oxygen atoms in total. The van der Waals surface area contributed by atoms with E-state index < -0.39 is 10.0 Å². The number of aromatic nitrogens is 2. The molecule has 0 aliphatic carbocycles. The molecule has 0 amide bonds. The minimum absolute atomic E-state index is 0.0215. The monoisotopic (exact) mass is 484 g/mol. The van der Waals surface area contributed by atoms with Crippen LogP contribution in [0.5, 0.6) is 23.1 Å². The highest BCUT2D eigenvalue weighted by Gasteiger charge is 2.21. The average Bonchev–Trinajstić information content (AvgIpc) is 2.86. The molecule has 174 valence electrons. The molecule has 1 aromatic heterocycles. The van der Waals surface area contributed by atoms with E-state index in [-0.39, 0.29) is 16.6 Å². The summed E-state index contributed by atoms with van der Waals surface area (Å²) in [5.41, 5.74) is 6.99. The number of nitrogens with two attached hydrogens (primary N) is 1. The Balaban J connectivity index is 1.60. The van der Waals surface area contributed by atoms with Gasteiger partial charge in [-0.25, -0.2) is 18.4 Å². The second-order valence-electron chi connectivity index (χ2n) is 7.51. The summed E-state index contributed by atoms with van der Waals surface area (Å²) >= 11 is 0. The number of sulfonamides is 1. The SMILES string of the molecule is Nc1ccc(S(=O)(=O)Nc2nc3cccc(Oc4ccccc4)c3nc2Oc2ccccc2)cc1. The summed E-state index contributed by atoms with van der Waals surface area (Å²) in [7, 11) is -3.99. The molecule has 9 heteroatoms. The fourth-order valence-electron chi connectivity index (χ4n) is 3.30. The predicted molar refractivity (Wildman–Crippen MR) is 134 cm³/mol. The fourth-order valence-corrected chi connectivity index (χ4v) is 4.30. The second kappa shape index (κ2) is 9.32. The first-order valence-electron chi connectivity index (χ1n) is 10.6. The van der Waals surface area contributed by atoms with E-state index in [9.17, 15) is 8.42 Å². The zero-order chi connectivity index (χ0) is 24.3. The molecule has 0 fully saturated rings. The highest BCUT2D eigenvalue weighted by atomic mass is 32.2. The van der Waals surface area contributed by atoms with Gasteiger partial charge in [-0.2, -0.15) is 0 Å². The Morgan fingerprint density at radius 1 is 0.686 bits per heavy atom. The maximum Gasteiger partial charge on any atom is 0.264 e. The van der Waals surface area contributed by atoms with Gasteiger partial charge in [0.2, 0.25) is 5.82 Å². The van der Waals surface area contributed by atoms with Gasteiger partial charge in [0, 0.05) is 5.69 Å². The number of ether oxygens (including phenoxy) is 2. The minimum atomic E-state index is -3.99. The molecule has 35 heavy (non-hydrogen) atoms. The summed E-state index contributed by atoms with van der Waals surface area (Å²) in [5, 5.41) is 0. The topological polar surface area (TPSA) is 116 Å². The zero-order valence-electron chi connectivity index (χ0n) is 18.3. The maximum atomic E-state index is 13.1. The van der Waals surface area contributed by atoms with Crippen LogP contribution in [0.3, 0.4) is 0 Å². The molecule has 0 spiro atoms. The van der Waals surface area contributed by atoms with E-state index in [1.807, 2.05) is 36.4 Å². The molecule has 5 rings (SSSR count). The number of para-hydroxylation sites is 3. The van der Waals surface area contributed by atoms with Gasteiger partial charge in [-0.15, -0.1) is 0 Å². The number of anilines is 2. The van der Waals surface area contributed by atoms with E-state index in [2.05, 4.69) is 14.7 Å². The lowest BCUT2D eigenvalue weighted by molar-refractivity contribution is 0.461. The molecule has 0 atom stereocenters. The number of nitrogen functional groups attached to an aromatic ring is 1. The number of nitrogens with one attached hydrogen (secondary N) is 1. The lowest BCUT2D eigenvalue weighted by Crippen LogP contribution is -2.15. The quantitative estimate of drug-likeness (QED) is 0.289. The van der Waals surface area contributed by atoms with Crippen LogP contribution in [0.25, 0.3) is 11.0 Å². The van der Waals surface area contributed by atoms with Crippen LogP contribution in [0.1, 0.15) is 0 Å². The Labute approximate surface area is 202 Å². The lowest BCUT2D eigenvalue weighted by Gasteiger charge is -2.14. The van der Waals surface area contributed by atoms with Gasteiger partial charge in [-0.3, -0.25) is 4.72 Å². The molecule has 0 bridgehead atoms. The number of hydrogen-bond acceptors (Lipinski definition) is 7. The molecule has 0 aliphatic rings. The maximum absolute atomic E-state index is 13.1. The lowest BCUT2D eigenvalue weighted by atomic mass is 10.2. The van der Waals surface area contributed by atoms with Gasteiger partial charge in [0.25, 0.3) is 15.9 Å². The first-order valence-corrected chi connectivity index (χ1v) is 12.1. The van der Waals surface area contributed by atoms with Crippen LogP contribution in [-0.4, -0.2) is 18.4 Å². The van der Waals surface area contributed by atoms with Crippen molar-refractivity contribution in [1.29, 1.82) is 0 Å². The highest BCUT2D eigenvalue weighted by Crippen LogP contribution is 2.34. The summed E-state index contributed by atoms with van der Waals surface area (Å²) in [4.78, 5) is 9.15. The van der Waals surface area contributed by atoms with E-state index >= 15 is 0 Å². The molecule has 0 saturated heterocycles. The first-order chi connectivity index (χ1) is 17.0. The van der Waals surface area contributed by atoms with Crippen LogP contribution in [0.4, 0.5) is 11.5 Å². The molecule has 0 unspecified atom stereocenters. The Kier molecular flexibility index (Phi) is 5.90. The third-order valence-corrected chi connectivity index (χ3v) is 6.33. The second-order valence-corrected chi connectivity index (χ2v) is 9.19. The molecule has 0 aliphatic heterocycles. The van der Waals surface area contributed by atoms with Gasteiger partial charge >= 0.3 is 0 Å². The molecule has 4 aromatic carbocycles. The molecular weight excluding hydrogens is 464 g/mol. The van der Waals surface area contributed by atoms with Crippen molar-refractivity contribution in [3.8, 4) is 23.1 Å². The average molecular weight is 485 g/mol. The molecular formula is C26H20N4O4S. The van der Waals surface area contributed by atoms with Crippen molar-refractivity contribution >= 4 is 32.6 Å². The van der Waals surface area contributed by atoms with Crippen LogP contribution in [0, 0.1) is 0 Å². The molecule has 1 heterocycles. The van der Waals surface area contributed by atoms with Crippen molar-refractivity contribution in [3.63, 3.8) is 0 Å². The summed E-state index contributed by atoms with van der Waals surface area (Å²) in [5.74, 6) is 1.46. The van der Waals surface area contributed by atoms with Gasteiger partial charge in [0.05, 0.1) is 10.4 Å². The number of rotatable bonds is 7. The molecule has 3 N–H and O–H groups in total. The van der Waals surface area contributed by atoms with Gasteiger partial charge < -0.3 is 15.2 Å². The molecule has 0 saturated carbocycles. The third kappa shape index (κ3) is 4.99. The van der Waals surface area contributed by atoms with Crippen molar-refractivity contribution in [1.82, 2.24) is 9.97 Å². The van der Waals surface area contributed by atoms with Gasteiger partial charge in [-0.1, -0.05) is 42.5 Å². The number of benzene rings is 4. The molecule has 0 radical (unpaired) electrons. The van der Waals surface area contributed by atoms with Crippen LogP contribution < -0.4 is 19.9 Å². The van der Waals surface area contributed by atoms with E-state index in [1.54, 1.807) is 42.5 Å². The standard InChI is InChI=1S/C26H20N4O4S/c27-18-14-16-21(17-15-18)35(31,32)30-25-26(34-20-10-5-2-6-11-20)29-24-22(28-25)12-7-13-23(24)33-19-8-3-1-4-9-19/h1-17H,27H2,(H,28,30). The van der Waals surface area contributed by atoms with Gasteiger partial charge in [0.1, 0.15) is 17.0 Å². The number of hydrogen-bond donors (Lipinski definition) is 2. The summed E-state index contributed by atoms with van der Waals surface area (Å²) < 4.78 is 40.6. The Hall–Kier alpha value is -4.63. The van der Waals surface area contributed by atoms with Gasteiger partial charge in [0.15, 0.2) is 5.75 Å². The summed E-state index contributed by atoms with van der Waals surface area (Å²) in [6.07, 6.45) is 0. The third-order valence-electron chi connectivity index (χ3n) is 4.98. The molecule has 5 aromatic rings. The normalized spacial score (nSPS) is 11.2. The van der Waals surface area contributed by atoms with Crippen molar-refractivity contribution in [2.45, 2.75) is 4.90 Å². The summed E-state index contributed by atoms with van der Waals surface area (Å²) in [6.45, 7) is 0. The summed E-state index contributed by atoms with van der Waals surface area (Å²) in [6, 6.07) is 29.2. The van der Waals surface area contributed by atoms with Crippen LogP contribution >= 0.6 is 0 Å². The Morgan fingerprint density at radius 2 is 1.31 bits per heavy atom. The van der Waals surface area contributed by atoms with E-state index in [1.165, 1.54) is 24.3 Å². The van der Waals surface area contributed by atoms with Gasteiger partial charge in [-0.05, 0) is 60.7 Å². The number of fused-ring (bicyclic) bond motifs is 1. The smallest absolute Gasteiger partial charge is 0.264 e. The minimum Gasteiger partial charge on any atom is -0.455 e. The first kappa shape index (κ1) is 22.2. The van der Waals surface area contributed by atoms with Crippen molar-refractivity contribution in [3.05, 3.63) is 103 Å². The van der Waals surface area contributed by atoms with E-state index in [0.717, 1.165) is 0 Å². The van der Waals surface area contributed by atoms with E-state index in [0.29, 0.717) is 34.0 Å². The Bertz CT molecular complexity index is 1580. The number of nitrogens with zero attached hydrogens (tertiary/aromatic N) is 2. The Morgan fingerprint density at radius 3 is 1.97 bits per heavy atom. The fraction of sp³-hybridized carbons (Fsp3) is 0. The van der Waals surface area contributed by atoms with E-state index in [4.69, 9.17) is 15.2 Å². The van der Waals surface area contributed by atoms with Crippen molar-refractivity contribution in [2.24, 2.45) is 0 Å². The predicted octanol–water partition coefficient (Wildman–Crippen LogP) is 5.60. The van der Waals surface area contributed by atoms with Crippen molar-refractivity contribution < 1.29 is 17.9 Å².